The Bertz CT molecular complexity index is 365. The zero-order valence-electron chi connectivity index (χ0n) is 12.9. The van der Waals surface area contributed by atoms with E-state index in [1.54, 1.807) is 0 Å². The highest BCUT2D eigenvalue weighted by atomic mass is 79.9. The minimum Gasteiger partial charge on any atom is -0.481 e. The number of carboxylic acid groups (broad SMARTS) is 1. The molecule has 1 heterocycles. The fourth-order valence-corrected chi connectivity index (χ4v) is 5.52. The predicted molar refractivity (Wildman–Crippen MR) is 87.8 cm³/mol. The van der Waals surface area contributed by atoms with Crippen LogP contribution < -0.4 is 0 Å². The largest absolute Gasteiger partial charge is 0.481 e. The molecule has 0 atom stereocenters. The van der Waals surface area contributed by atoms with Crippen LogP contribution in [0.5, 0.6) is 0 Å². The Morgan fingerprint density at radius 1 is 1.00 bits per heavy atom. The number of alkyl halides is 1. The molecule has 0 aromatic carbocycles. The summed E-state index contributed by atoms with van der Waals surface area (Å²) in [5.74, 6) is -0.108. The zero-order valence-corrected chi connectivity index (χ0v) is 14.5. The summed E-state index contributed by atoms with van der Waals surface area (Å²) in [7, 11) is 0. The van der Waals surface area contributed by atoms with E-state index in [0.717, 1.165) is 51.4 Å². The van der Waals surface area contributed by atoms with Gasteiger partial charge in [-0.3, -0.25) is 4.79 Å². The lowest BCUT2D eigenvalue weighted by Gasteiger charge is -2.46. The molecule has 1 aliphatic heterocycles. The van der Waals surface area contributed by atoms with Crippen LogP contribution in [0.25, 0.3) is 0 Å². The Labute approximate surface area is 136 Å². The monoisotopic (exact) mass is 357 g/mol. The molecule has 0 amide bonds. The van der Waals surface area contributed by atoms with Crippen LogP contribution in [0, 0.1) is 11.3 Å². The lowest BCUT2D eigenvalue weighted by Crippen LogP contribution is -2.47. The van der Waals surface area contributed by atoms with Crippen molar-refractivity contribution in [3.8, 4) is 0 Å². The van der Waals surface area contributed by atoms with Crippen LogP contribution >= 0.6 is 15.9 Å². The molecule has 2 saturated carbocycles. The highest BCUT2D eigenvalue weighted by molar-refractivity contribution is 9.09. The first kappa shape index (κ1) is 15.8. The average molecular weight is 358 g/mol. The molecule has 0 radical (unpaired) electrons. The van der Waals surface area contributed by atoms with Gasteiger partial charge in [0.25, 0.3) is 0 Å². The van der Waals surface area contributed by atoms with E-state index in [0.29, 0.717) is 16.8 Å². The molecule has 0 bridgehead atoms. The Kier molecular flexibility index (Phi) is 4.94. The first-order valence-corrected chi connectivity index (χ1v) is 9.65. The third-order valence-electron chi connectivity index (χ3n) is 6.37. The van der Waals surface area contributed by atoms with Crippen molar-refractivity contribution in [2.45, 2.75) is 75.1 Å². The number of carbonyl (C=O) groups is 1. The number of carboxylic acids is 1. The van der Waals surface area contributed by atoms with Crippen LogP contribution in [-0.4, -0.2) is 39.9 Å². The standard InChI is InChI=1S/C17H28BrNO2/c18-14-5-3-13(4-6-14)17(16(20)21)9-7-15(8-10-17)19-11-1-2-12-19/h13-15H,1-12H2,(H,20,21). The van der Waals surface area contributed by atoms with E-state index in [1.807, 2.05) is 0 Å². The molecule has 1 N–H and O–H groups in total. The summed E-state index contributed by atoms with van der Waals surface area (Å²) in [6.45, 7) is 2.47. The van der Waals surface area contributed by atoms with Crippen LogP contribution in [0.1, 0.15) is 64.2 Å². The van der Waals surface area contributed by atoms with Gasteiger partial charge in [-0.2, -0.15) is 0 Å². The Morgan fingerprint density at radius 2 is 1.57 bits per heavy atom. The van der Waals surface area contributed by atoms with Crippen LogP contribution in [0.2, 0.25) is 0 Å². The first-order valence-electron chi connectivity index (χ1n) is 8.73. The van der Waals surface area contributed by atoms with Crippen LogP contribution in [0.3, 0.4) is 0 Å². The molecule has 4 heteroatoms. The number of halogens is 1. The second-order valence-electron chi connectivity index (χ2n) is 7.38. The Morgan fingerprint density at radius 3 is 2.10 bits per heavy atom. The quantitative estimate of drug-likeness (QED) is 0.774. The van der Waals surface area contributed by atoms with Crippen LogP contribution in [-0.2, 0) is 4.79 Å². The predicted octanol–water partition coefficient (Wildman–Crippen LogP) is 4.05. The molecule has 0 spiro atoms. The summed E-state index contributed by atoms with van der Waals surface area (Å²) >= 11 is 3.69. The average Bonchev–Trinajstić information content (AvgIpc) is 3.02. The van der Waals surface area contributed by atoms with Crippen molar-refractivity contribution in [3.05, 3.63) is 0 Å². The van der Waals surface area contributed by atoms with E-state index in [1.165, 1.54) is 25.9 Å². The summed E-state index contributed by atoms with van der Waals surface area (Å²) in [4.78, 5) is 15.3. The van der Waals surface area contributed by atoms with Gasteiger partial charge in [0.1, 0.15) is 0 Å². The van der Waals surface area contributed by atoms with Gasteiger partial charge in [-0.25, -0.2) is 0 Å². The van der Waals surface area contributed by atoms with E-state index >= 15 is 0 Å². The van der Waals surface area contributed by atoms with Gasteiger partial charge < -0.3 is 10.0 Å². The van der Waals surface area contributed by atoms with Crippen molar-refractivity contribution >= 4 is 21.9 Å². The van der Waals surface area contributed by atoms with Crippen molar-refractivity contribution in [3.63, 3.8) is 0 Å². The van der Waals surface area contributed by atoms with Gasteiger partial charge in [0.05, 0.1) is 5.41 Å². The number of rotatable bonds is 3. The molecule has 1 saturated heterocycles. The molecule has 3 nitrogen and oxygen atoms in total. The summed E-state index contributed by atoms with van der Waals surface area (Å²) in [5, 5.41) is 9.93. The van der Waals surface area contributed by atoms with E-state index in [-0.39, 0.29) is 0 Å². The second-order valence-corrected chi connectivity index (χ2v) is 8.68. The van der Waals surface area contributed by atoms with E-state index in [2.05, 4.69) is 20.8 Å². The molecule has 3 fully saturated rings. The molecule has 120 valence electrons. The molecular weight excluding hydrogens is 330 g/mol. The maximum atomic E-state index is 12.1. The van der Waals surface area contributed by atoms with Gasteiger partial charge in [-0.05, 0) is 83.2 Å². The molecule has 2 aliphatic carbocycles. The van der Waals surface area contributed by atoms with E-state index in [4.69, 9.17) is 0 Å². The SMILES string of the molecule is O=C(O)C1(C2CCC(Br)CC2)CCC(N2CCCC2)CC1. The summed E-state index contributed by atoms with van der Waals surface area (Å²) in [6.07, 6.45) is 11.1. The van der Waals surface area contributed by atoms with Crippen LogP contribution in [0.4, 0.5) is 0 Å². The number of aliphatic carboxylic acids is 1. The van der Waals surface area contributed by atoms with Gasteiger partial charge in [0.15, 0.2) is 0 Å². The van der Waals surface area contributed by atoms with Crippen molar-refractivity contribution in [2.24, 2.45) is 11.3 Å². The van der Waals surface area contributed by atoms with Gasteiger partial charge in [0, 0.05) is 10.9 Å². The topological polar surface area (TPSA) is 40.5 Å². The lowest BCUT2D eigenvalue weighted by atomic mass is 9.61. The number of likely N-dealkylation sites (tertiary alicyclic amines) is 1. The van der Waals surface area contributed by atoms with Crippen molar-refractivity contribution in [2.75, 3.05) is 13.1 Å². The maximum Gasteiger partial charge on any atom is 0.309 e. The van der Waals surface area contributed by atoms with Gasteiger partial charge in [-0.1, -0.05) is 15.9 Å². The Balaban J connectivity index is 1.65. The lowest BCUT2D eigenvalue weighted by molar-refractivity contribution is -0.157. The number of hydrogen-bond acceptors (Lipinski definition) is 2. The molecule has 0 aromatic rings. The maximum absolute atomic E-state index is 12.1. The summed E-state index contributed by atoms with van der Waals surface area (Å²) in [6, 6.07) is 0.660. The molecule has 0 aromatic heterocycles. The molecule has 0 unspecified atom stereocenters. The molecule has 3 aliphatic rings. The number of nitrogens with zero attached hydrogens (tertiary/aromatic N) is 1. The third-order valence-corrected chi connectivity index (χ3v) is 7.28. The zero-order chi connectivity index (χ0) is 14.9. The van der Waals surface area contributed by atoms with E-state index in [9.17, 15) is 9.90 Å². The van der Waals surface area contributed by atoms with Gasteiger partial charge >= 0.3 is 5.97 Å². The van der Waals surface area contributed by atoms with Crippen LogP contribution in [0.15, 0.2) is 0 Å². The second kappa shape index (κ2) is 6.57. The summed E-state index contributed by atoms with van der Waals surface area (Å²) in [5.41, 5.74) is -0.413. The minimum atomic E-state index is -0.514. The minimum absolute atomic E-state index is 0.406. The van der Waals surface area contributed by atoms with Gasteiger partial charge in [-0.15, -0.1) is 0 Å². The normalized spacial score (nSPS) is 42.0. The van der Waals surface area contributed by atoms with Gasteiger partial charge in [0.2, 0.25) is 0 Å². The van der Waals surface area contributed by atoms with Crippen molar-refractivity contribution in [1.82, 2.24) is 4.90 Å². The first-order chi connectivity index (χ1) is 10.1. The fraction of sp³-hybridized carbons (Fsp3) is 0.941. The fourth-order valence-electron chi connectivity index (χ4n) is 4.99. The third kappa shape index (κ3) is 3.17. The molecule has 21 heavy (non-hydrogen) atoms. The summed E-state index contributed by atoms with van der Waals surface area (Å²) < 4.78 is 0. The highest BCUT2D eigenvalue weighted by Gasteiger charge is 2.49. The van der Waals surface area contributed by atoms with E-state index < -0.39 is 11.4 Å². The molecular formula is C17H28BrNO2. The Hall–Kier alpha value is -0.0900. The van der Waals surface area contributed by atoms with Crippen molar-refractivity contribution < 1.29 is 9.90 Å². The number of hydrogen-bond donors (Lipinski definition) is 1. The molecule has 3 rings (SSSR count). The highest BCUT2D eigenvalue weighted by Crippen LogP contribution is 2.50. The van der Waals surface area contributed by atoms with Crippen molar-refractivity contribution in [1.29, 1.82) is 0 Å². The smallest absolute Gasteiger partial charge is 0.309 e.